The fourth-order valence-electron chi connectivity index (χ4n) is 2.97. The number of hydrogen-bond donors (Lipinski definition) is 2. The molecular formula is C19H23NO9. The lowest BCUT2D eigenvalue weighted by molar-refractivity contribution is -0.273. The highest BCUT2D eigenvalue weighted by molar-refractivity contribution is 5.76. The van der Waals surface area contributed by atoms with Gasteiger partial charge in [0.25, 0.3) is 0 Å². The molecule has 0 radical (unpaired) electrons. The molecule has 10 nitrogen and oxygen atoms in total. The quantitative estimate of drug-likeness (QED) is 0.612. The van der Waals surface area contributed by atoms with E-state index in [1.165, 1.54) is 6.92 Å². The van der Waals surface area contributed by atoms with Gasteiger partial charge in [-0.15, -0.1) is 0 Å². The Morgan fingerprint density at radius 1 is 1.00 bits per heavy atom. The number of ether oxygens (including phenoxy) is 4. The van der Waals surface area contributed by atoms with Gasteiger partial charge in [0.1, 0.15) is 6.04 Å². The fraction of sp³-hybridized carbons (Fsp3) is 0.474. The van der Waals surface area contributed by atoms with E-state index in [9.17, 15) is 24.3 Å². The fourth-order valence-corrected chi connectivity index (χ4v) is 2.97. The number of esters is 2. The average Bonchev–Trinajstić information content (AvgIpc) is 2.63. The van der Waals surface area contributed by atoms with Crippen molar-refractivity contribution in [3.8, 4) is 0 Å². The van der Waals surface area contributed by atoms with E-state index in [4.69, 9.17) is 18.9 Å². The predicted molar refractivity (Wildman–Crippen MR) is 96.2 cm³/mol. The van der Waals surface area contributed by atoms with Crippen LogP contribution in [0.5, 0.6) is 0 Å². The number of carbonyl (C=O) groups is 4. The second-order valence-electron chi connectivity index (χ2n) is 6.43. The Bertz CT molecular complexity index is 751. The van der Waals surface area contributed by atoms with Gasteiger partial charge in [-0.25, -0.2) is 4.79 Å². The molecule has 1 amide bonds. The monoisotopic (exact) mass is 409 g/mol. The van der Waals surface area contributed by atoms with Crippen LogP contribution >= 0.6 is 0 Å². The minimum Gasteiger partial charge on any atom is -0.479 e. The van der Waals surface area contributed by atoms with Gasteiger partial charge in [-0.2, -0.15) is 0 Å². The molecule has 0 saturated carbocycles. The summed E-state index contributed by atoms with van der Waals surface area (Å²) in [7, 11) is 0. The van der Waals surface area contributed by atoms with Crippen LogP contribution in [-0.4, -0.2) is 59.6 Å². The first kappa shape index (κ1) is 22.3. The van der Waals surface area contributed by atoms with Gasteiger partial charge in [0, 0.05) is 20.8 Å². The van der Waals surface area contributed by atoms with Crippen LogP contribution in [0, 0.1) is 0 Å². The molecule has 1 fully saturated rings. The van der Waals surface area contributed by atoms with E-state index >= 15 is 0 Å². The lowest BCUT2D eigenvalue weighted by Crippen LogP contribution is -2.67. The molecule has 10 heteroatoms. The molecule has 0 aliphatic carbocycles. The highest BCUT2D eigenvalue weighted by Crippen LogP contribution is 2.28. The summed E-state index contributed by atoms with van der Waals surface area (Å²) in [5.74, 6) is -3.50. The highest BCUT2D eigenvalue weighted by Gasteiger charge is 2.53. The lowest BCUT2D eigenvalue weighted by Gasteiger charge is -2.43. The van der Waals surface area contributed by atoms with Gasteiger partial charge in [-0.05, 0) is 5.56 Å². The van der Waals surface area contributed by atoms with Gasteiger partial charge in [-0.1, -0.05) is 30.3 Å². The molecule has 2 rings (SSSR count). The van der Waals surface area contributed by atoms with Gasteiger partial charge >= 0.3 is 17.9 Å². The largest absolute Gasteiger partial charge is 0.479 e. The van der Waals surface area contributed by atoms with Crippen LogP contribution in [0.3, 0.4) is 0 Å². The van der Waals surface area contributed by atoms with Crippen molar-refractivity contribution in [2.75, 3.05) is 0 Å². The summed E-state index contributed by atoms with van der Waals surface area (Å²) in [5.41, 5.74) is 0.774. The summed E-state index contributed by atoms with van der Waals surface area (Å²) in [4.78, 5) is 46.6. The first-order valence-corrected chi connectivity index (χ1v) is 8.84. The summed E-state index contributed by atoms with van der Waals surface area (Å²) in [5, 5.41) is 12.1. The van der Waals surface area contributed by atoms with Crippen molar-refractivity contribution in [2.24, 2.45) is 0 Å². The number of hydrogen-bond acceptors (Lipinski definition) is 8. The second kappa shape index (κ2) is 9.99. The van der Waals surface area contributed by atoms with Crippen LogP contribution in [-0.2, 0) is 44.7 Å². The number of rotatable bonds is 7. The lowest BCUT2D eigenvalue weighted by atomic mass is 9.95. The first-order valence-electron chi connectivity index (χ1n) is 8.84. The Balaban J connectivity index is 2.36. The maximum Gasteiger partial charge on any atom is 0.337 e. The second-order valence-corrected chi connectivity index (χ2v) is 6.43. The van der Waals surface area contributed by atoms with E-state index in [1.54, 1.807) is 24.3 Å². The molecule has 1 saturated heterocycles. The Hall–Kier alpha value is -2.98. The van der Waals surface area contributed by atoms with E-state index < -0.39 is 54.5 Å². The third-order valence-electron chi connectivity index (χ3n) is 4.02. The molecule has 0 bridgehead atoms. The topological polar surface area (TPSA) is 137 Å². The zero-order valence-electron chi connectivity index (χ0n) is 16.2. The van der Waals surface area contributed by atoms with Crippen LogP contribution in [0.15, 0.2) is 30.3 Å². The summed E-state index contributed by atoms with van der Waals surface area (Å²) < 4.78 is 21.5. The summed E-state index contributed by atoms with van der Waals surface area (Å²) in [6.45, 7) is 3.46. The Kier molecular flexibility index (Phi) is 7.68. The smallest absolute Gasteiger partial charge is 0.337 e. The standard InChI is InChI=1S/C19H23NO9/c1-10(21)20-14-15(27-11(2)22)16(28-12(3)23)17(18(24)25)29-19(14)26-9-13-7-5-4-6-8-13/h4-8,14-17,19H,9H2,1-3H3,(H,20,21)(H,24,25)/t14-,15-,16+,17-,19+/m1/s1. The molecule has 29 heavy (non-hydrogen) atoms. The van der Waals surface area contributed by atoms with Crippen molar-refractivity contribution in [3.05, 3.63) is 35.9 Å². The van der Waals surface area contributed by atoms with E-state index in [0.29, 0.717) is 0 Å². The van der Waals surface area contributed by atoms with Crippen LogP contribution < -0.4 is 5.32 Å². The molecule has 2 N–H and O–H groups in total. The van der Waals surface area contributed by atoms with Crippen molar-refractivity contribution >= 4 is 23.8 Å². The average molecular weight is 409 g/mol. The molecule has 1 aliphatic rings. The number of carbonyl (C=O) groups excluding carboxylic acids is 3. The normalized spacial score (nSPS) is 26.2. The zero-order valence-corrected chi connectivity index (χ0v) is 16.2. The molecule has 1 aliphatic heterocycles. The predicted octanol–water partition coefficient (Wildman–Crippen LogP) is 0.381. The molecule has 1 aromatic rings. The Morgan fingerprint density at radius 3 is 2.10 bits per heavy atom. The van der Waals surface area contributed by atoms with E-state index in [1.807, 2.05) is 6.07 Å². The number of benzene rings is 1. The summed E-state index contributed by atoms with van der Waals surface area (Å²) in [6, 6.07) is 7.88. The number of amides is 1. The van der Waals surface area contributed by atoms with Crippen LogP contribution in [0.25, 0.3) is 0 Å². The molecule has 1 aromatic carbocycles. The maximum atomic E-state index is 11.7. The van der Waals surface area contributed by atoms with Gasteiger partial charge in [0.15, 0.2) is 24.6 Å². The van der Waals surface area contributed by atoms with Crippen LogP contribution in [0.4, 0.5) is 0 Å². The van der Waals surface area contributed by atoms with Crippen LogP contribution in [0.2, 0.25) is 0 Å². The maximum absolute atomic E-state index is 11.7. The van der Waals surface area contributed by atoms with Crippen molar-refractivity contribution in [1.29, 1.82) is 0 Å². The molecule has 5 atom stereocenters. The minimum absolute atomic E-state index is 0.0406. The Labute approximate surface area is 167 Å². The SMILES string of the molecule is CC(=O)N[C@H]1[C@@H](OCc2ccccc2)O[C@@H](C(=O)O)[C@@H](OC(C)=O)[C@@H]1OC(C)=O. The molecule has 1 heterocycles. The van der Waals surface area contributed by atoms with E-state index in [0.717, 1.165) is 19.4 Å². The first-order chi connectivity index (χ1) is 13.7. The summed E-state index contributed by atoms with van der Waals surface area (Å²) >= 11 is 0. The Morgan fingerprint density at radius 2 is 1.59 bits per heavy atom. The van der Waals surface area contributed by atoms with Gasteiger partial charge < -0.3 is 29.4 Å². The van der Waals surface area contributed by atoms with Gasteiger partial charge in [-0.3, -0.25) is 14.4 Å². The number of aliphatic carboxylic acids is 1. The number of carboxylic acids is 1. The molecule has 0 spiro atoms. The highest BCUT2D eigenvalue weighted by atomic mass is 16.7. The number of nitrogens with one attached hydrogen (secondary N) is 1. The third kappa shape index (κ3) is 6.26. The van der Waals surface area contributed by atoms with Gasteiger partial charge in [0.2, 0.25) is 5.91 Å². The van der Waals surface area contributed by atoms with Crippen LogP contribution in [0.1, 0.15) is 26.3 Å². The minimum atomic E-state index is -1.67. The van der Waals surface area contributed by atoms with Crippen molar-refractivity contribution in [2.45, 2.75) is 58.0 Å². The van der Waals surface area contributed by atoms with E-state index in [2.05, 4.69) is 5.32 Å². The van der Waals surface area contributed by atoms with Gasteiger partial charge in [0.05, 0.1) is 6.61 Å². The summed E-state index contributed by atoms with van der Waals surface area (Å²) in [6.07, 6.45) is -5.77. The zero-order chi connectivity index (χ0) is 21.6. The molecule has 0 aromatic heterocycles. The van der Waals surface area contributed by atoms with Crippen molar-refractivity contribution in [3.63, 3.8) is 0 Å². The van der Waals surface area contributed by atoms with Crippen molar-refractivity contribution < 1.29 is 43.2 Å². The molecular weight excluding hydrogens is 386 g/mol. The molecule has 158 valence electrons. The van der Waals surface area contributed by atoms with E-state index in [-0.39, 0.29) is 6.61 Å². The third-order valence-corrected chi connectivity index (χ3v) is 4.02. The molecule has 0 unspecified atom stereocenters. The van der Waals surface area contributed by atoms with Crippen molar-refractivity contribution in [1.82, 2.24) is 5.32 Å². The number of carboxylic acid groups (broad SMARTS) is 1.